The van der Waals surface area contributed by atoms with Crippen molar-refractivity contribution in [1.82, 2.24) is 15.1 Å². The Morgan fingerprint density at radius 3 is 2.73 bits per heavy atom. The monoisotopic (exact) mass is 502 g/mol. The molecule has 0 aliphatic heterocycles. The first-order valence-corrected chi connectivity index (χ1v) is 14.0. The minimum atomic E-state index is 0.121. The Labute approximate surface area is 219 Å². The predicted octanol–water partition coefficient (Wildman–Crippen LogP) is 6.73. The third kappa shape index (κ3) is 6.76. The van der Waals surface area contributed by atoms with Crippen LogP contribution in [0.5, 0.6) is 5.75 Å². The summed E-state index contributed by atoms with van der Waals surface area (Å²) in [7, 11) is 0. The van der Waals surface area contributed by atoms with Crippen LogP contribution < -0.4 is 9.64 Å². The standard InChI is InChI=1S/C30H38N4O3/c1-2-36-26-17-18-31-27(21-26)24-12-9-13-25(20-24)34(30(35)23-10-5-3-6-11-23)19-8-4-7-14-28-32-29(33-37-28)22-15-16-22/h9,12-13,17-18,20-23H,2-8,10-11,14-16,19H2,1H3. The van der Waals surface area contributed by atoms with Gasteiger partial charge in [-0.2, -0.15) is 4.98 Å². The van der Waals surface area contributed by atoms with E-state index in [0.29, 0.717) is 19.1 Å². The van der Waals surface area contributed by atoms with Crippen LogP contribution in [0.2, 0.25) is 0 Å². The molecular weight excluding hydrogens is 464 g/mol. The fourth-order valence-corrected chi connectivity index (χ4v) is 5.19. The van der Waals surface area contributed by atoms with Crippen molar-refractivity contribution < 1.29 is 14.1 Å². The number of pyridine rings is 1. The molecule has 3 aromatic rings. The van der Waals surface area contributed by atoms with Gasteiger partial charge in [-0.1, -0.05) is 43.0 Å². The van der Waals surface area contributed by atoms with Crippen molar-refractivity contribution in [1.29, 1.82) is 0 Å². The SMILES string of the molecule is CCOc1ccnc(-c2cccc(N(CCCCCc3nc(C4CC4)no3)C(=O)C3CCCCC3)c2)c1. The molecule has 1 amide bonds. The fourth-order valence-electron chi connectivity index (χ4n) is 5.19. The van der Waals surface area contributed by atoms with E-state index in [1.807, 2.05) is 36.1 Å². The van der Waals surface area contributed by atoms with Crippen molar-refractivity contribution in [3.05, 3.63) is 54.3 Å². The molecule has 2 aliphatic rings. The molecule has 5 rings (SSSR count). The summed E-state index contributed by atoms with van der Waals surface area (Å²) in [6.07, 6.45) is 13.4. The minimum Gasteiger partial charge on any atom is -0.494 e. The van der Waals surface area contributed by atoms with Gasteiger partial charge >= 0.3 is 0 Å². The molecule has 0 radical (unpaired) electrons. The largest absolute Gasteiger partial charge is 0.494 e. The lowest BCUT2D eigenvalue weighted by atomic mass is 9.88. The summed E-state index contributed by atoms with van der Waals surface area (Å²) in [4.78, 5) is 24.8. The van der Waals surface area contributed by atoms with Crippen LogP contribution in [0.25, 0.3) is 11.3 Å². The Bertz CT molecular complexity index is 1170. The van der Waals surface area contributed by atoms with Crippen LogP contribution in [0, 0.1) is 5.92 Å². The molecule has 37 heavy (non-hydrogen) atoms. The lowest BCUT2D eigenvalue weighted by Crippen LogP contribution is -2.38. The van der Waals surface area contributed by atoms with E-state index in [9.17, 15) is 4.79 Å². The van der Waals surface area contributed by atoms with Crippen molar-refractivity contribution in [2.45, 2.75) is 83.5 Å². The lowest BCUT2D eigenvalue weighted by molar-refractivity contribution is -0.123. The molecule has 2 heterocycles. The number of unbranched alkanes of at least 4 members (excludes halogenated alkanes) is 2. The zero-order chi connectivity index (χ0) is 25.5. The topological polar surface area (TPSA) is 81.3 Å². The Morgan fingerprint density at radius 2 is 1.92 bits per heavy atom. The second-order valence-corrected chi connectivity index (χ2v) is 10.3. The van der Waals surface area contributed by atoms with Gasteiger partial charge in [0.05, 0.1) is 12.3 Å². The Kier molecular flexibility index (Phi) is 8.49. The number of benzene rings is 1. The third-order valence-corrected chi connectivity index (χ3v) is 7.42. The minimum absolute atomic E-state index is 0.121. The molecule has 196 valence electrons. The quantitative estimate of drug-likeness (QED) is 0.255. The summed E-state index contributed by atoms with van der Waals surface area (Å²) in [6, 6.07) is 12.0. The van der Waals surface area contributed by atoms with Crippen LogP contribution >= 0.6 is 0 Å². The number of rotatable bonds is 12. The fraction of sp³-hybridized carbons (Fsp3) is 0.533. The summed E-state index contributed by atoms with van der Waals surface area (Å²) < 4.78 is 11.1. The summed E-state index contributed by atoms with van der Waals surface area (Å²) in [6.45, 7) is 3.30. The van der Waals surface area contributed by atoms with Gasteiger partial charge in [0.25, 0.3) is 0 Å². The van der Waals surface area contributed by atoms with Crippen LogP contribution in [-0.4, -0.2) is 34.2 Å². The van der Waals surface area contributed by atoms with E-state index in [1.165, 1.54) is 19.3 Å². The Morgan fingerprint density at radius 1 is 1.05 bits per heavy atom. The first kappa shape index (κ1) is 25.4. The maximum absolute atomic E-state index is 13.7. The number of aromatic nitrogens is 3. The average Bonchev–Trinajstić information content (AvgIpc) is 3.69. The van der Waals surface area contributed by atoms with E-state index in [1.54, 1.807) is 6.20 Å². The highest BCUT2D eigenvalue weighted by atomic mass is 16.5. The number of anilines is 1. The Hall–Kier alpha value is -3.22. The predicted molar refractivity (Wildman–Crippen MR) is 144 cm³/mol. The van der Waals surface area contributed by atoms with Gasteiger partial charge in [0, 0.05) is 48.3 Å². The maximum Gasteiger partial charge on any atom is 0.230 e. The highest BCUT2D eigenvalue weighted by Crippen LogP contribution is 2.38. The Balaban J connectivity index is 1.25. The summed E-state index contributed by atoms with van der Waals surface area (Å²) in [5, 5.41) is 4.12. The zero-order valence-corrected chi connectivity index (χ0v) is 21.9. The van der Waals surface area contributed by atoms with Crippen LogP contribution in [-0.2, 0) is 11.2 Å². The van der Waals surface area contributed by atoms with Crippen LogP contribution in [0.4, 0.5) is 5.69 Å². The van der Waals surface area contributed by atoms with Gasteiger partial charge in [0.15, 0.2) is 5.82 Å². The number of aryl methyl sites for hydroxylation is 1. The molecule has 2 aromatic heterocycles. The molecule has 0 bridgehead atoms. The van der Waals surface area contributed by atoms with Gasteiger partial charge in [-0.3, -0.25) is 9.78 Å². The normalized spacial score (nSPS) is 16.0. The smallest absolute Gasteiger partial charge is 0.230 e. The third-order valence-electron chi connectivity index (χ3n) is 7.42. The first-order valence-electron chi connectivity index (χ1n) is 14.0. The second kappa shape index (κ2) is 12.3. The molecule has 0 unspecified atom stereocenters. The molecule has 0 spiro atoms. The first-order chi connectivity index (χ1) is 18.2. The summed E-state index contributed by atoms with van der Waals surface area (Å²) in [5.41, 5.74) is 2.79. The number of hydrogen-bond acceptors (Lipinski definition) is 6. The summed E-state index contributed by atoms with van der Waals surface area (Å²) >= 11 is 0. The van der Waals surface area contributed by atoms with E-state index in [-0.39, 0.29) is 11.8 Å². The highest BCUT2D eigenvalue weighted by molar-refractivity contribution is 5.95. The van der Waals surface area contributed by atoms with E-state index >= 15 is 0 Å². The zero-order valence-electron chi connectivity index (χ0n) is 21.9. The van der Waals surface area contributed by atoms with Crippen molar-refractivity contribution in [3.8, 4) is 17.0 Å². The number of carbonyl (C=O) groups is 1. The van der Waals surface area contributed by atoms with Gasteiger partial charge in [-0.25, -0.2) is 0 Å². The number of hydrogen-bond donors (Lipinski definition) is 0. The highest BCUT2D eigenvalue weighted by Gasteiger charge is 2.29. The molecule has 0 atom stereocenters. The molecule has 0 saturated heterocycles. The number of nitrogens with zero attached hydrogens (tertiary/aromatic N) is 4. The molecule has 7 nitrogen and oxygen atoms in total. The number of carbonyl (C=O) groups excluding carboxylic acids is 1. The van der Waals surface area contributed by atoms with E-state index in [4.69, 9.17) is 9.26 Å². The summed E-state index contributed by atoms with van der Waals surface area (Å²) in [5.74, 6) is 3.32. The molecule has 7 heteroatoms. The molecule has 2 fully saturated rings. The maximum atomic E-state index is 13.7. The molecule has 1 aromatic carbocycles. The second-order valence-electron chi connectivity index (χ2n) is 10.3. The van der Waals surface area contributed by atoms with Gasteiger partial charge in [-0.15, -0.1) is 0 Å². The van der Waals surface area contributed by atoms with E-state index in [2.05, 4.69) is 27.3 Å². The lowest BCUT2D eigenvalue weighted by Gasteiger charge is -2.30. The van der Waals surface area contributed by atoms with E-state index < -0.39 is 0 Å². The van der Waals surface area contributed by atoms with Gasteiger partial charge in [0.1, 0.15) is 5.75 Å². The molecule has 0 N–H and O–H groups in total. The average molecular weight is 503 g/mol. The van der Waals surface area contributed by atoms with Crippen molar-refractivity contribution in [2.24, 2.45) is 5.92 Å². The van der Waals surface area contributed by atoms with Crippen molar-refractivity contribution in [3.63, 3.8) is 0 Å². The van der Waals surface area contributed by atoms with Crippen molar-refractivity contribution >= 4 is 11.6 Å². The van der Waals surface area contributed by atoms with Crippen LogP contribution in [0.3, 0.4) is 0 Å². The number of amides is 1. The van der Waals surface area contributed by atoms with Crippen molar-refractivity contribution in [2.75, 3.05) is 18.1 Å². The van der Waals surface area contributed by atoms with Crippen LogP contribution in [0.1, 0.15) is 88.8 Å². The van der Waals surface area contributed by atoms with Gasteiger partial charge in [-0.05, 0) is 63.6 Å². The molecular formula is C30H38N4O3. The molecule has 2 aliphatic carbocycles. The van der Waals surface area contributed by atoms with E-state index in [0.717, 1.165) is 85.8 Å². The number of ether oxygens (including phenoxy) is 1. The van der Waals surface area contributed by atoms with Gasteiger partial charge in [0.2, 0.25) is 11.8 Å². The van der Waals surface area contributed by atoms with Crippen LogP contribution in [0.15, 0.2) is 47.1 Å². The molecule has 2 saturated carbocycles. The van der Waals surface area contributed by atoms with Gasteiger partial charge < -0.3 is 14.2 Å².